The van der Waals surface area contributed by atoms with Gasteiger partial charge in [-0.25, -0.2) is 0 Å². The van der Waals surface area contributed by atoms with Crippen molar-refractivity contribution < 1.29 is 27.9 Å². The molecule has 2 atom stereocenters. The molecular weight excluding hydrogens is 339 g/mol. The number of rotatable bonds is 3. The third-order valence-corrected chi connectivity index (χ3v) is 4.46. The van der Waals surface area contributed by atoms with Crippen LogP contribution >= 0.6 is 0 Å². The largest absolute Gasteiger partial charge is 0.422 e. The Kier molecular flexibility index (Phi) is 3.81. The van der Waals surface area contributed by atoms with Gasteiger partial charge in [0.05, 0.1) is 29.6 Å². The maximum Gasteiger partial charge on any atom is 0.422 e. The molecule has 2 aromatic heterocycles. The van der Waals surface area contributed by atoms with Crippen LogP contribution < -0.4 is 0 Å². The first-order valence-electron chi connectivity index (χ1n) is 7.89. The van der Waals surface area contributed by atoms with Gasteiger partial charge < -0.3 is 14.7 Å². The molecule has 0 aromatic carbocycles. The van der Waals surface area contributed by atoms with E-state index in [-0.39, 0.29) is 23.8 Å². The first kappa shape index (κ1) is 17.9. The van der Waals surface area contributed by atoms with Crippen LogP contribution in [0.3, 0.4) is 0 Å². The molecule has 0 amide bonds. The summed E-state index contributed by atoms with van der Waals surface area (Å²) in [6.07, 6.45) is -2.98. The summed E-state index contributed by atoms with van der Waals surface area (Å²) in [4.78, 5) is 0. The highest BCUT2D eigenvalue weighted by Crippen LogP contribution is 2.47. The van der Waals surface area contributed by atoms with Crippen LogP contribution in [0.5, 0.6) is 0 Å². The predicted molar refractivity (Wildman–Crippen MR) is 81.8 cm³/mol. The Morgan fingerprint density at radius 2 is 1.92 bits per heavy atom. The van der Waals surface area contributed by atoms with E-state index in [1.54, 1.807) is 25.5 Å². The van der Waals surface area contributed by atoms with Crippen molar-refractivity contribution in [1.82, 2.24) is 14.9 Å². The summed E-state index contributed by atoms with van der Waals surface area (Å²) in [5.74, 6) is -0.162. The molecule has 6 nitrogen and oxygen atoms in total. The average Bonchev–Trinajstić information content (AvgIpc) is 3.01. The third kappa shape index (κ3) is 2.85. The van der Waals surface area contributed by atoms with Crippen molar-refractivity contribution in [2.24, 2.45) is 0 Å². The molecule has 0 saturated heterocycles. The average molecular weight is 359 g/mol. The first-order chi connectivity index (χ1) is 11.3. The van der Waals surface area contributed by atoms with Crippen LogP contribution in [-0.4, -0.2) is 36.9 Å². The van der Waals surface area contributed by atoms with Crippen molar-refractivity contribution in [1.29, 1.82) is 0 Å². The lowest BCUT2D eigenvalue weighted by Crippen LogP contribution is -2.40. The Hall–Kier alpha value is -1.87. The highest BCUT2D eigenvalue weighted by molar-refractivity contribution is 5.68. The molecule has 2 aromatic rings. The van der Waals surface area contributed by atoms with E-state index >= 15 is 0 Å². The molecule has 0 saturated carbocycles. The lowest BCUT2D eigenvalue weighted by Gasteiger charge is -2.28. The van der Waals surface area contributed by atoms with Gasteiger partial charge in [-0.15, -0.1) is 0 Å². The Balaban J connectivity index is 2.11. The molecule has 1 aliphatic carbocycles. The summed E-state index contributed by atoms with van der Waals surface area (Å²) in [7, 11) is 0. The summed E-state index contributed by atoms with van der Waals surface area (Å²) in [5.41, 5.74) is -3.05. The van der Waals surface area contributed by atoms with Crippen LogP contribution in [0.2, 0.25) is 0 Å². The van der Waals surface area contributed by atoms with E-state index in [2.05, 4.69) is 10.3 Å². The Labute approximate surface area is 142 Å². The van der Waals surface area contributed by atoms with Gasteiger partial charge in [-0.05, 0) is 33.1 Å². The second-order valence-corrected chi connectivity index (χ2v) is 7.42. The van der Waals surface area contributed by atoms with Crippen molar-refractivity contribution in [3.8, 4) is 11.3 Å². The van der Waals surface area contributed by atoms with Gasteiger partial charge in [-0.3, -0.25) is 4.68 Å². The molecule has 9 heteroatoms. The Morgan fingerprint density at radius 3 is 2.48 bits per heavy atom. The summed E-state index contributed by atoms with van der Waals surface area (Å²) in [6, 6.07) is 0. The molecule has 0 radical (unpaired) electrons. The van der Waals surface area contributed by atoms with E-state index in [1.807, 2.05) is 0 Å². The molecule has 138 valence electrons. The van der Waals surface area contributed by atoms with E-state index < -0.39 is 23.1 Å². The molecule has 25 heavy (non-hydrogen) atoms. The van der Waals surface area contributed by atoms with Crippen LogP contribution in [0.15, 0.2) is 10.7 Å². The van der Waals surface area contributed by atoms with Crippen LogP contribution in [0.4, 0.5) is 13.2 Å². The minimum absolute atomic E-state index is 0.190. The summed E-state index contributed by atoms with van der Waals surface area (Å²) < 4.78 is 46.4. The molecule has 0 spiro atoms. The van der Waals surface area contributed by atoms with Gasteiger partial charge in [0, 0.05) is 5.56 Å². The van der Waals surface area contributed by atoms with Crippen LogP contribution in [-0.2, 0) is 18.6 Å². The number of hydrogen-bond donors (Lipinski definition) is 2. The van der Waals surface area contributed by atoms with E-state index in [1.165, 1.54) is 6.20 Å². The number of halogens is 3. The zero-order valence-electron chi connectivity index (χ0n) is 14.3. The second-order valence-electron chi connectivity index (χ2n) is 7.42. The van der Waals surface area contributed by atoms with Crippen LogP contribution in [0.25, 0.3) is 11.3 Å². The number of hydrogen-bond acceptors (Lipinski definition) is 5. The second kappa shape index (κ2) is 5.31. The van der Waals surface area contributed by atoms with Gasteiger partial charge in [0.1, 0.15) is 5.69 Å². The smallest absolute Gasteiger partial charge is 0.389 e. The number of alkyl halides is 3. The zero-order chi connectivity index (χ0) is 18.8. The molecule has 0 aliphatic heterocycles. The fourth-order valence-corrected chi connectivity index (χ4v) is 3.14. The third-order valence-electron chi connectivity index (χ3n) is 4.46. The lowest BCUT2D eigenvalue weighted by molar-refractivity contribution is -0.261. The van der Waals surface area contributed by atoms with Crippen LogP contribution in [0, 0.1) is 0 Å². The highest BCUT2D eigenvalue weighted by Gasteiger charge is 2.55. The van der Waals surface area contributed by atoms with Crippen molar-refractivity contribution in [2.45, 2.75) is 64.0 Å². The molecule has 0 unspecified atom stereocenters. The van der Waals surface area contributed by atoms with Gasteiger partial charge >= 0.3 is 6.18 Å². The maximum absolute atomic E-state index is 13.2. The molecule has 2 heterocycles. The zero-order valence-corrected chi connectivity index (χ0v) is 14.3. The van der Waals surface area contributed by atoms with Gasteiger partial charge in [-0.2, -0.15) is 18.3 Å². The number of aliphatic hydroxyl groups is 2. The van der Waals surface area contributed by atoms with E-state index in [0.717, 1.165) is 5.69 Å². The van der Waals surface area contributed by atoms with Gasteiger partial charge in [0.2, 0.25) is 5.60 Å². The number of aromatic nitrogens is 3. The minimum atomic E-state index is -4.87. The maximum atomic E-state index is 13.2. The molecule has 3 rings (SSSR count). The molecular formula is C16H20F3N3O3. The number of nitrogens with zero attached hydrogens (tertiary/aromatic N) is 3. The Morgan fingerprint density at radius 1 is 1.28 bits per heavy atom. The predicted octanol–water partition coefficient (Wildman–Crippen LogP) is 2.74. The molecule has 2 N–H and O–H groups in total. The monoisotopic (exact) mass is 359 g/mol. The molecule has 1 aliphatic rings. The summed E-state index contributed by atoms with van der Waals surface area (Å²) in [6.45, 7) is 5.95. The highest BCUT2D eigenvalue weighted by atomic mass is 19.4. The normalized spacial score (nSPS) is 20.1. The van der Waals surface area contributed by atoms with Gasteiger partial charge in [0.25, 0.3) is 0 Å². The van der Waals surface area contributed by atoms with E-state index in [9.17, 15) is 23.4 Å². The topological polar surface area (TPSA) is 84.3 Å². The molecule has 0 fully saturated rings. The fourth-order valence-electron chi connectivity index (χ4n) is 3.14. The van der Waals surface area contributed by atoms with E-state index in [4.69, 9.17) is 4.52 Å². The van der Waals surface area contributed by atoms with Crippen molar-refractivity contribution in [2.75, 3.05) is 0 Å². The quantitative estimate of drug-likeness (QED) is 0.880. The minimum Gasteiger partial charge on any atom is -0.389 e. The van der Waals surface area contributed by atoms with E-state index in [0.29, 0.717) is 18.9 Å². The van der Waals surface area contributed by atoms with Crippen molar-refractivity contribution >= 4 is 0 Å². The van der Waals surface area contributed by atoms with Gasteiger partial charge in [-0.1, -0.05) is 12.1 Å². The summed E-state index contributed by atoms with van der Waals surface area (Å²) >= 11 is 0. The standard InChI is InChI=1S/C16H20F3N3O3/c1-8-5-10-9(6-20-22(10)7-14(2,3)23)12-11(8)13(21-25-12)15(4,24)16(17,18)19/h6,8,23-24H,5,7H2,1-4H3/t8-,15+/m1/s1. The molecule has 0 bridgehead atoms. The van der Waals surface area contributed by atoms with Crippen molar-refractivity contribution in [3.05, 3.63) is 23.1 Å². The fraction of sp³-hybridized carbons (Fsp3) is 0.625. The Bertz CT molecular complexity index is 800. The van der Waals surface area contributed by atoms with Crippen LogP contribution in [0.1, 0.15) is 50.6 Å². The number of fused-ring (bicyclic) bond motifs is 3. The lowest BCUT2D eigenvalue weighted by atomic mass is 9.82. The van der Waals surface area contributed by atoms with Crippen molar-refractivity contribution in [3.63, 3.8) is 0 Å². The SMILES string of the molecule is C[C@@H]1Cc2c(cnn2CC(C)(C)O)-c2onc([C@](C)(O)C(F)(F)F)c21. The summed E-state index contributed by atoms with van der Waals surface area (Å²) in [5, 5.41) is 27.7. The van der Waals surface area contributed by atoms with Gasteiger partial charge in [0.15, 0.2) is 5.76 Å². The first-order valence-corrected chi connectivity index (χ1v) is 7.89.